The Morgan fingerprint density at radius 1 is 1.30 bits per heavy atom. The average molecular weight is 566 g/mol. The van der Waals surface area contributed by atoms with Gasteiger partial charge in [-0.2, -0.15) is 9.37 Å². The van der Waals surface area contributed by atoms with E-state index in [1.54, 1.807) is 19.2 Å². The molecule has 1 aliphatic carbocycles. The molecule has 9 nitrogen and oxygen atoms in total. The van der Waals surface area contributed by atoms with Gasteiger partial charge < -0.3 is 26.4 Å². The minimum atomic E-state index is -0.467. The van der Waals surface area contributed by atoms with Gasteiger partial charge in [0.25, 0.3) is 5.91 Å². The largest absolute Gasteiger partial charge is 0.497 e. The number of guanidine groups is 1. The Bertz CT molecular complexity index is 1230. The van der Waals surface area contributed by atoms with Crippen molar-refractivity contribution < 1.29 is 14.3 Å². The summed E-state index contributed by atoms with van der Waals surface area (Å²) in [6.45, 7) is 6.07. The molecule has 1 aromatic carbocycles. The molecule has 2 amide bonds. The van der Waals surface area contributed by atoms with Crippen molar-refractivity contribution in [2.75, 3.05) is 19.0 Å². The van der Waals surface area contributed by atoms with Gasteiger partial charge in [0.1, 0.15) is 5.76 Å². The Morgan fingerprint density at radius 3 is 2.59 bits per heavy atom. The molecule has 0 bridgehead atoms. The van der Waals surface area contributed by atoms with Gasteiger partial charge in [-0.05, 0) is 54.7 Å². The molecule has 0 fully saturated rings. The van der Waals surface area contributed by atoms with E-state index in [4.69, 9.17) is 33.7 Å². The van der Waals surface area contributed by atoms with E-state index in [0.29, 0.717) is 28.9 Å². The number of nitrogens with one attached hydrogen (secondary N) is 3. The molecule has 1 atom stereocenters. The SMILES string of the molecule is COC1=CCC(c2nsc(C)c2C(=O)/N=C(\N)NCc2cc(Cl)c(NC(=O)CNC(C)C)c(Cl)c2)C=C1. The Balaban J connectivity index is 1.65. The second kappa shape index (κ2) is 13.0. The van der Waals surface area contributed by atoms with E-state index in [2.05, 4.69) is 25.3 Å². The molecular formula is C25H30Cl2N6O3S. The minimum Gasteiger partial charge on any atom is -0.497 e. The normalized spacial score (nSPS) is 15.5. The number of hydrogen-bond donors (Lipinski definition) is 4. The van der Waals surface area contributed by atoms with E-state index in [9.17, 15) is 9.59 Å². The number of hydrogen-bond acceptors (Lipinski definition) is 6. The molecule has 1 unspecified atom stereocenters. The zero-order valence-electron chi connectivity index (χ0n) is 21.0. The zero-order valence-corrected chi connectivity index (χ0v) is 23.4. The van der Waals surface area contributed by atoms with Crippen LogP contribution in [0.2, 0.25) is 10.0 Å². The van der Waals surface area contributed by atoms with Gasteiger partial charge in [0.05, 0.1) is 40.6 Å². The first-order valence-corrected chi connectivity index (χ1v) is 13.1. The van der Waals surface area contributed by atoms with Crippen molar-refractivity contribution in [3.05, 3.63) is 67.9 Å². The number of nitrogens with zero attached hydrogens (tertiary/aromatic N) is 2. The van der Waals surface area contributed by atoms with E-state index in [1.807, 2.05) is 39.0 Å². The van der Waals surface area contributed by atoms with Gasteiger partial charge in [-0.3, -0.25) is 9.59 Å². The second-order valence-electron chi connectivity index (χ2n) is 8.68. The lowest BCUT2D eigenvalue weighted by Crippen LogP contribution is -2.33. The summed E-state index contributed by atoms with van der Waals surface area (Å²) >= 11 is 14.0. The number of methoxy groups -OCH3 is 1. The van der Waals surface area contributed by atoms with E-state index in [0.717, 1.165) is 10.6 Å². The molecule has 0 saturated heterocycles. The number of aryl methyl sites for hydroxylation is 1. The van der Waals surface area contributed by atoms with Crippen molar-refractivity contribution >= 4 is 58.2 Å². The number of allylic oxidation sites excluding steroid dienone is 3. The van der Waals surface area contributed by atoms with Crippen LogP contribution in [0.4, 0.5) is 5.69 Å². The van der Waals surface area contributed by atoms with Crippen LogP contribution >= 0.6 is 34.7 Å². The van der Waals surface area contributed by atoms with Crippen molar-refractivity contribution in [1.82, 2.24) is 15.0 Å². The highest BCUT2D eigenvalue weighted by atomic mass is 35.5. The first kappa shape index (κ1) is 28.6. The van der Waals surface area contributed by atoms with Crippen molar-refractivity contribution in [3.63, 3.8) is 0 Å². The average Bonchev–Trinajstić information content (AvgIpc) is 3.25. The van der Waals surface area contributed by atoms with Crippen molar-refractivity contribution in [2.24, 2.45) is 10.7 Å². The van der Waals surface area contributed by atoms with Crippen LogP contribution in [-0.2, 0) is 16.1 Å². The van der Waals surface area contributed by atoms with Crippen LogP contribution in [0.1, 0.15) is 52.7 Å². The maximum atomic E-state index is 13.0. The molecule has 1 aliphatic rings. The fourth-order valence-electron chi connectivity index (χ4n) is 3.58. The molecule has 1 aromatic heterocycles. The Labute approximate surface area is 230 Å². The van der Waals surface area contributed by atoms with Crippen molar-refractivity contribution in [3.8, 4) is 0 Å². The minimum absolute atomic E-state index is 0.0448. The molecule has 1 heterocycles. The van der Waals surface area contributed by atoms with E-state index in [1.165, 1.54) is 11.5 Å². The number of carbonyl (C=O) groups excluding carboxylic acids is 2. The Morgan fingerprint density at radius 2 is 2.00 bits per heavy atom. The number of anilines is 1. The number of benzene rings is 1. The molecule has 37 heavy (non-hydrogen) atoms. The first-order chi connectivity index (χ1) is 17.6. The van der Waals surface area contributed by atoms with Crippen LogP contribution < -0.4 is 21.7 Å². The van der Waals surface area contributed by atoms with Gasteiger partial charge in [0, 0.05) is 23.4 Å². The smallest absolute Gasteiger partial charge is 0.283 e. The number of carbonyl (C=O) groups is 2. The highest BCUT2D eigenvalue weighted by molar-refractivity contribution is 7.06. The number of halogens is 2. The summed E-state index contributed by atoms with van der Waals surface area (Å²) < 4.78 is 9.72. The van der Waals surface area contributed by atoms with Gasteiger partial charge in [0.15, 0.2) is 5.96 Å². The molecule has 0 saturated carbocycles. The third-order valence-corrected chi connectivity index (χ3v) is 6.85. The highest BCUT2D eigenvalue weighted by Crippen LogP contribution is 2.33. The predicted molar refractivity (Wildman–Crippen MR) is 149 cm³/mol. The van der Waals surface area contributed by atoms with E-state index >= 15 is 0 Å². The maximum absolute atomic E-state index is 13.0. The highest BCUT2D eigenvalue weighted by Gasteiger charge is 2.24. The zero-order chi connectivity index (χ0) is 27.1. The van der Waals surface area contributed by atoms with Crippen LogP contribution in [0.5, 0.6) is 0 Å². The summed E-state index contributed by atoms with van der Waals surface area (Å²) in [5.41, 5.74) is 8.16. The standard InChI is InChI=1S/C25H30Cl2N6O3S/c1-13(2)29-12-20(34)31-23-18(26)9-15(10-19(23)27)11-30-25(28)32-24(35)21-14(3)37-33-22(21)16-5-7-17(36-4)8-6-16/h5,7-10,13,16,29H,6,11-12H2,1-4H3,(H,31,34)(H3,28,30,32,35). The molecule has 0 radical (unpaired) electrons. The lowest BCUT2D eigenvalue weighted by Gasteiger charge is -2.15. The van der Waals surface area contributed by atoms with Crippen LogP contribution in [0, 0.1) is 6.92 Å². The quantitative estimate of drug-likeness (QED) is 0.260. The molecule has 2 aromatic rings. The van der Waals surface area contributed by atoms with Gasteiger partial charge in [-0.1, -0.05) is 43.1 Å². The summed E-state index contributed by atoms with van der Waals surface area (Å²) in [7, 11) is 1.61. The first-order valence-electron chi connectivity index (χ1n) is 11.6. The van der Waals surface area contributed by atoms with E-state index in [-0.39, 0.29) is 47.0 Å². The number of amides is 2. The molecule has 198 valence electrons. The number of aromatic nitrogens is 1. The van der Waals surface area contributed by atoms with Gasteiger partial charge in [-0.25, -0.2) is 0 Å². The monoisotopic (exact) mass is 564 g/mol. The number of aliphatic imine (C=N–C) groups is 1. The maximum Gasteiger partial charge on any atom is 0.283 e. The molecule has 3 rings (SSSR count). The van der Waals surface area contributed by atoms with Crippen LogP contribution in [-0.4, -0.2) is 41.8 Å². The molecule has 0 spiro atoms. The fourth-order valence-corrected chi connectivity index (χ4v) is 4.95. The Hall–Kier alpha value is -2.92. The van der Waals surface area contributed by atoms with E-state index < -0.39 is 5.91 Å². The second-order valence-corrected chi connectivity index (χ2v) is 10.5. The summed E-state index contributed by atoms with van der Waals surface area (Å²) in [6.07, 6.45) is 6.47. The Kier molecular flexibility index (Phi) is 10.1. The lowest BCUT2D eigenvalue weighted by molar-refractivity contribution is -0.115. The molecule has 0 aliphatic heterocycles. The van der Waals surface area contributed by atoms with Crippen LogP contribution in [0.15, 0.2) is 41.1 Å². The molecule has 12 heteroatoms. The fraction of sp³-hybridized carbons (Fsp3) is 0.360. The molecule has 5 N–H and O–H groups in total. The topological polar surface area (TPSA) is 131 Å². The number of nitrogens with two attached hydrogens (primary N) is 1. The predicted octanol–water partition coefficient (Wildman–Crippen LogP) is 4.51. The van der Waals surface area contributed by atoms with Crippen LogP contribution in [0.25, 0.3) is 0 Å². The van der Waals surface area contributed by atoms with Crippen molar-refractivity contribution in [1.29, 1.82) is 0 Å². The number of rotatable bonds is 9. The van der Waals surface area contributed by atoms with Crippen molar-refractivity contribution in [2.45, 2.75) is 45.7 Å². The van der Waals surface area contributed by atoms with Gasteiger partial charge in [0.2, 0.25) is 5.91 Å². The van der Waals surface area contributed by atoms with Gasteiger partial charge >= 0.3 is 0 Å². The summed E-state index contributed by atoms with van der Waals surface area (Å²) in [4.78, 5) is 29.9. The summed E-state index contributed by atoms with van der Waals surface area (Å²) in [5, 5.41) is 9.21. The summed E-state index contributed by atoms with van der Waals surface area (Å²) in [5.74, 6) is -0.0374. The van der Waals surface area contributed by atoms with Gasteiger partial charge in [-0.15, -0.1) is 0 Å². The third-order valence-electron chi connectivity index (χ3n) is 5.49. The van der Waals surface area contributed by atoms with Crippen LogP contribution in [0.3, 0.4) is 0 Å². The number of ether oxygens (including phenoxy) is 1. The molecular weight excluding hydrogens is 535 g/mol. The lowest BCUT2D eigenvalue weighted by atomic mass is 9.93. The third kappa shape index (κ3) is 7.78. The summed E-state index contributed by atoms with van der Waals surface area (Å²) in [6, 6.07) is 3.48.